The molecule has 0 aromatic carbocycles. The van der Waals surface area contributed by atoms with Crippen LogP contribution in [-0.2, 0) is 0 Å². The maximum absolute atomic E-state index is 8.57. The summed E-state index contributed by atoms with van der Waals surface area (Å²) >= 11 is 0. The molecule has 0 saturated heterocycles. The number of nitrogens with zero attached hydrogens (tertiary/aromatic N) is 1. The highest BCUT2D eigenvalue weighted by Crippen LogP contribution is 2.08. The van der Waals surface area contributed by atoms with Crippen molar-refractivity contribution in [3.05, 3.63) is 18.3 Å². The Morgan fingerprint density at radius 1 is 1.36 bits per heavy atom. The highest BCUT2D eigenvalue weighted by molar-refractivity contribution is 5.49. The molecule has 4 heteroatoms. The van der Waals surface area contributed by atoms with E-state index in [1.54, 1.807) is 6.20 Å². The van der Waals surface area contributed by atoms with E-state index in [1.807, 2.05) is 12.1 Å². The van der Waals surface area contributed by atoms with Gasteiger partial charge in [0.15, 0.2) is 0 Å². The molecule has 0 saturated carbocycles. The lowest BCUT2D eigenvalue weighted by Crippen LogP contribution is -2.02. The number of rotatable bonds is 6. The Kier molecular flexibility index (Phi) is 4.78. The van der Waals surface area contributed by atoms with Crippen molar-refractivity contribution in [1.82, 2.24) is 4.98 Å². The van der Waals surface area contributed by atoms with Crippen LogP contribution in [0.3, 0.4) is 0 Å². The van der Waals surface area contributed by atoms with Gasteiger partial charge in [0.05, 0.1) is 0 Å². The van der Waals surface area contributed by atoms with Crippen molar-refractivity contribution in [2.45, 2.75) is 19.3 Å². The van der Waals surface area contributed by atoms with Gasteiger partial charge in [-0.05, 0) is 25.3 Å². The van der Waals surface area contributed by atoms with Crippen LogP contribution in [0.25, 0.3) is 0 Å². The van der Waals surface area contributed by atoms with Crippen molar-refractivity contribution in [3.63, 3.8) is 0 Å². The lowest BCUT2D eigenvalue weighted by atomic mass is 10.2. The summed E-state index contributed by atoms with van der Waals surface area (Å²) in [6.45, 7) is 1.19. The predicted molar refractivity (Wildman–Crippen MR) is 58.1 cm³/mol. The molecular weight excluding hydrogens is 178 g/mol. The molecule has 4 N–H and O–H groups in total. The van der Waals surface area contributed by atoms with Gasteiger partial charge in [-0.25, -0.2) is 4.98 Å². The zero-order chi connectivity index (χ0) is 10.2. The molecule has 78 valence electrons. The number of aliphatic hydroxyl groups excluding tert-OH is 1. The summed E-state index contributed by atoms with van der Waals surface area (Å²) in [5, 5.41) is 11.8. The Labute approximate surface area is 84.2 Å². The summed E-state index contributed by atoms with van der Waals surface area (Å²) in [6, 6.07) is 3.70. The molecule has 0 spiro atoms. The first-order valence-corrected chi connectivity index (χ1v) is 4.89. The molecule has 0 atom stereocenters. The van der Waals surface area contributed by atoms with Crippen molar-refractivity contribution in [2.24, 2.45) is 0 Å². The molecule has 1 aromatic rings. The molecule has 0 unspecified atom stereocenters. The molecule has 1 heterocycles. The van der Waals surface area contributed by atoms with E-state index in [-0.39, 0.29) is 6.61 Å². The Bertz CT molecular complexity index is 265. The average Bonchev–Trinajstić information content (AvgIpc) is 2.18. The van der Waals surface area contributed by atoms with Crippen molar-refractivity contribution >= 4 is 11.5 Å². The summed E-state index contributed by atoms with van der Waals surface area (Å²) in [5.41, 5.74) is 6.53. The van der Waals surface area contributed by atoms with E-state index in [9.17, 15) is 0 Å². The normalized spacial score (nSPS) is 10.1. The van der Waals surface area contributed by atoms with Gasteiger partial charge in [0.2, 0.25) is 0 Å². The minimum atomic E-state index is 0.280. The highest BCUT2D eigenvalue weighted by Gasteiger charge is 1.92. The second-order valence-electron chi connectivity index (χ2n) is 3.18. The molecule has 1 aromatic heterocycles. The van der Waals surface area contributed by atoms with E-state index in [1.165, 1.54) is 0 Å². The minimum Gasteiger partial charge on any atom is -0.396 e. The summed E-state index contributed by atoms with van der Waals surface area (Å²) in [6.07, 6.45) is 4.67. The van der Waals surface area contributed by atoms with E-state index >= 15 is 0 Å². The van der Waals surface area contributed by atoms with Crippen LogP contribution in [0.1, 0.15) is 19.3 Å². The van der Waals surface area contributed by atoms with Crippen LogP contribution in [0.15, 0.2) is 18.3 Å². The highest BCUT2D eigenvalue weighted by atomic mass is 16.2. The maximum Gasteiger partial charge on any atom is 0.125 e. The number of aromatic nitrogens is 1. The molecule has 4 nitrogen and oxygen atoms in total. The fraction of sp³-hybridized carbons (Fsp3) is 0.500. The summed E-state index contributed by atoms with van der Waals surface area (Å²) in [5.74, 6) is 0.533. The standard InChI is InChI=1S/C10H17N3O/c11-10-8-9(4-6-13-10)12-5-2-1-3-7-14/h4,6,8,14H,1-3,5,7H2,(H3,11,12,13). The van der Waals surface area contributed by atoms with E-state index < -0.39 is 0 Å². The monoisotopic (exact) mass is 195 g/mol. The quantitative estimate of drug-likeness (QED) is 0.597. The number of nitrogens with one attached hydrogen (secondary N) is 1. The molecular formula is C10H17N3O. The SMILES string of the molecule is Nc1cc(NCCCCCO)ccn1. The number of anilines is 2. The predicted octanol–water partition coefficient (Wildman–Crippen LogP) is 1.24. The molecule has 0 amide bonds. The van der Waals surface area contributed by atoms with E-state index in [2.05, 4.69) is 10.3 Å². The third-order valence-electron chi connectivity index (χ3n) is 1.95. The molecule has 0 fully saturated rings. The second kappa shape index (κ2) is 6.21. The Morgan fingerprint density at radius 3 is 2.93 bits per heavy atom. The number of hydrogen-bond acceptors (Lipinski definition) is 4. The number of nitrogen functional groups attached to an aromatic ring is 1. The van der Waals surface area contributed by atoms with Crippen LogP contribution in [0.2, 0.25) is 0 Å². The van der Waals surface area contributed by atoms with Gasteiger partial charge in [-0.2, -0.15) is 0 Å². The Balaban J connectivity index is 2.18. The maximum atomic E-state index is 8.57. The number of nitrogens with two attached hydrogens (primary N) is 1. The topological polar surface area (TPSA) is 71.2 Å². The Morgan fingerprint density at radius 2 is 2.21 bits per heavy atom. The van der Waals surface area contributed by atoms with Crippen molar-refractivity contribution in [2.75, 3.05) is 24.2 Å². The number of pyridine rings is 1. The van der Waals surface area contributed by atoms with Crippen molar-refractivity contribution < 1.29 is 5.11 Å². The fourth-order valence-corrected chi connectivity index (χ4v) is 1.20. The number of aliphatic hydroxyl groups is 1. The van der Waals surface area contributed by atoms with Gasteiger partial charge in [-0.15, -0.1) is 0 Å². The third kappa shape index (κ3) is 4.09. The Hall–Kier alpha value is -1.29. The first-order valence-electron chi connectivity index (χ1n) is 4.89. The third-order valence-corrected chi connectivity index (χ3v) is 1.95. The lowest BCUT2D eigenvalue weighted by molar-refractivity contribution is 0.283. The van der Waals surface area contributed by atoms with Crippen LogP contribution in [0, 0.1) is 0 Å². The van der Waals surface area contributed by atoms with Gasteiger partial charge in [-0.1, -0.05) is 0 Å². The summed E-state index contributed by atoms with van der Waals surface area (Å²) in [7, 11) is 0. The fourth-order valence-electron chi connectivity index (χ4n) is 1.20. The average molecular weight is 195 g/mol. The van der Waals surface area contributed by atoms with Crippen LogP contribution in [0.5, 0.6) is 0 Å². The van der Waals surface area contributed by atoms with Crippen molar-refractivity contribution in [1.29, 1.82) is 0 Å². The summed E-state index contributed by atoms with van der Waals surface area (Å²) in [4.78, 5) is 3.90. The molecule has 0 aliphatic carbocycles. The molecule has 0 bridgehead atoms. The molecule has 14 heavy (non-hydrogen) atoms. The van der Waals surface area contributed by atoms with Crippen LogP contribution >= 0.6 is 0 Å². The lowest BCUT2D eigenvalue weighted by Gasteiger charge is -2.05. The molecule has 0 aliphatic rings. The zero-order valence-corrected chi connectivity index (χ0v) is 8.24. The van der Waals surface area contributed by atoms with Crippen LogP contribution in [-0.4, -0.2) is 23.2 Å². The van der Waals surface area contributed by atoms with Gasteiger partial charge in [-0.3, -0.25) is 0 Å². The minimum absolute atomic E-state index is 0.280. The first kappa shape index (κ1) is 10.8. The number of unbranched alkanes of at least 4 members (excludes halogenated alkanes) is 2. The molecule has 1 rings (SSSR count). The number of hydrogen-bond donors (Lipinski definition) is 3. The van der Waals surface area contributed by atoms with Crippen LogP contribution < -0.4 is 11.1 Å². The van der Waals surface area contributed by atoms with Crippen molar-refractivity contribution in [3.8, 4) is 0 Å². The largest absolute Gasteiger partial charge is 0.396 e. The molecule has 0 aliphatic heterocycles. The van der Waals surface area contributed by atoms with Gasteiger partial charge in [0, 0.05) is 31.1 Å². The van der Waals surface area contributed by atoms with E-state index in [0.29, 0.717) is 5.82 Å². The molecule has 0 radical (unpaired) electrons. The van der Waals surface area contributed by atoms with Gasteiger partial charge < -0.3 is 16.2 Å². The van der Waals surface area contributed by atoms with Gasteiger partial charge in [0.1, 0.15) is 5.82 Å². The zero-order valence-electron chi connectivity index (χ0n) is 8.24. The summed E-state index contributed by atoms with van der Waals surface area (Å²) < 4.78 is 0. The van der Waals surface area contributed by atoms with Crippen LogP contribution in [0.4, 0.5) is 11.5 Å². The van der Waals surface area contributed by atoms with E-state index in [0.717, 1.165) is 31.5 Å². The smallest absolute Gasteiger partial charge is 0.125 e. The second-order valence-corrected chi connectivity index (χ2v) is 3.18. The van der Waals surface area contributed by atoms with Gasteiger partial charge >= 0.3 is 0 Å². The first-order chi connectivity index (χ1) is 6.83. The van der Waals surface area contributed by atoms with E-state index in [4.69, 9.17) is 10.8 Å². The van der Waals surface area contributed by atoms with Gasteiger partial charge in [0.25, 0.3) is 0 Å².